The minimum Gasteiger partial charge on any atom is -0.492 e. The Bertz CT molecular complexity index is 466. The number of carbonyl (C=O) groups is 2. The lowest BCUT2D eigenvalue weighted by atomic mass is 10.3. The van der Waals surface area contributed by atoms with Gasteiger partial charge in [-0.05, 0) is 12.1 Å². The predicted octanol–water partition coefficient (Wildman–Crippen LogP) is 0.764. The van der Waals surface area contributed by atoms with E-state index in [1.54, 1.807) is 13.1 Å². The van der Waals surface area contributed by atoms with Crippen LogP contribution in [0.2, 0.25) is 0 Å². The van der Waals surface area contributed by atoms with Crippen molar-refractivity contribution in [1.82, 2.24) is 4.90 Å². The van der Waals surface area contributed by atoms with Gasteiger partial charge in [-0.15, -0.1) is 0 Å². The largest absolute Gasteiger partial charge is 0.492 e. The number of ether oxygens (including phenoxy) is 2. The van der Waals surface area contributed by atoms with Crippen molar-refractivity contribution in [3.05, 3.63) is 30.1 Å². The van der Waals surface area contributed by atoms with Gasteiger partial charge in [-0.25, -0.2) is 9.18 Å². The average molecular weight is 285 g/mol. The van der Waals surface area contributed by atoms with E-state index in [4.69, 9.17) is 9.84 Å². The van der Waals surface area contributed by atoms with Crippen molar-refractivity contribution in [2.24, 2.45) is 0 Å². The second-order valence-corrected chi connectivity index (χ2v) is 4.01. The lowest BCUT2D eigenvalue weighted by Gasteiger charge is -2.17. The van der Waals surface area contributed by atoms with Crippen molar-refractivity contribution < 1.29 is 28.6 Å². The van der Waals surface area contributed by atoms with E-state index in [-0.39, 0.29) is 25.7 Å². The molecular weight excluding hydrogens is 269 g/mol. The van der Waals surface area contributed by atoms with Gasteiger partial charge >= 0.3 is 5.97 Å². The van der Waals surface area contributed by atoms with E-state index >= 15 is 0 Å². The number of carboxylic acids is 1. The lowest BCUT2D eigenvalue weighted by molar-refractivity contribution is -0.145. The number of hydrogen-bond acceptors (Lipinski definition) is 4. The number of aliphatic carboxylic acids is 1. The highest BCUT2D eigenvalue weighted by Gasteiger charge is 2.09. The predicted molar refractivity (Wildman–Crippen MR) is 68.0 cm³/mol. The molecule has 1 rings (SSSR count). The van der Waals surface area contributed by atoms with Crippen LogP contribution in [0, 0.1) is 5.82 Å². The smallest absolute Gasteiger partial charge is 0.329 e. The van der Waals surface area contributed by atoms with Gasteiger partial charge in [0.1, 0.15) is 31.4 Å². The van der Waals surface area contributed by atoms with E-state index < -0.39 is 18.4 Å². The molecule has 0 saturated carbocycles. The molecule has 20 heavy (non-hydrogen) atoms. The number of benzene rings is 1. The van der Waals surface area contributed by atoms with Gasteiger partial charge in [-0.3, -0.25) is 4.79 Å². The Labute approximate surface area is 115 Å². The zero-order valence-corrected chi connectivity index (χ0v) is 11.0. The monoisotopic (exact) mass is 285 g/mol. The van der Waals surface area contributed by atoms with Gasteiger partial charge in [0.15, 0.2) is 0 Å². The summed E-state index contributed by atoms with van der Waals surface area (Å²) in [5.74, 6) is -1.49. The maximum absolute atomic E-state index is 12.9. The van der Waals surface area contributed by atoms with Crippen LogP contribution in [0.25, 0.3) is 0 Å². The Kier molecular flexibility index (Phi) is 6.45. The number of likely N-dealkylation sites (N-methyl/N-ethyl adjacent to an activating group) is 1. The Morgan fingerprint density at radius 1 is 1.35 bits per heavy atom. The van der Waals surface area contributed by atoms with Crippen molar-refractivity contribution >= 4 is 11.9 Å². The minimum absolute atomic E-state index is 0.199. The van der Waals surface area contributed by atoms with Crippen molar-refractivity contribution in [3.63, 3.8) is 0 Å². The zero-order chi connectivity index (χ0) is 15.0. The van der Waals surface area contributed by atoms with Crippen LogP contribution < -0.4 is 4.74 Å². The van der Waals surface area contributed by atoms with E-state index in [1.165, 1.54) is 23.1 Å². The highest BCUT2D eigenvalue weighted by Crippen LogP contribution is 2.11. The molecular formula is C13H16FNO5. The molecule has 0 aliphatic rings. The van der Waals surface area contributed by atoms with Crippen LogP contribution in [0.4, 0.5) is 4.39 Å². The van der Waals surface area contributed by atoms with Crippen LogP contribution in [0.3, 0.4) is 0 Å². The summed E-state index contributed by atoms with van der Waals surface area (Å²) in [6, 6.07) is 5.69. The van der Waals surface area contributed by atoms with Gasteiger partial charge in [-0.2, -0.15) is 0 Å². The maximum atomic E-state index is 12.9. The van der Waals surface area contributed by atoms with Gasteiger partial charge in [0.2, 0.25) is 5.91 Å². The molecule has 0 fully saturated rings. The van der Waals surface area contributed by atoms with E-state index in [1.807, 2.05) is 0 Å². The van der Waals surface area contributed by atoms with E-state index in [9.17, 15) is 14.0 Å². The molecule has 6 nitrogen and oxygen atoms in total. The zero-order valence-electron chi connectivity index (χ0n) is 11.0. The van der Waals surface area contributed by atoms with Gasteiger partial charge in [0.25, 0.3) is 0 Å². The van der Waals surface area contributed by atoms with Crippen molar-refractivity contribution in [1.29, 1.82) is 0 Å². The summed E-state index contributed by atoms with van der Waals surface area (Å²) in [6.45, 7) is -0.335. The Morgan fingerprint density at radius 2 is 2.10 bits per heavy atom. The lowest BCUT2D eigenvalue weighted by Crippen LogP contribution is -2.34. The number of hydrogen-bond donors (Lipinski definition) is 1. The summed E-state index contributed by atoms with van der Waals surface area (Å²) >= 11 is 0. The number of halogens is 1. The molecule has 0 unspecified atom stereocenters. The molecule has 0 bridgehead atoms. The second-order valence-electron chi connectivity index (χ2n) is 4.01. The number of carboxylic acid groups (broad SMARTS) is 1. The molecule has 0 aliphatic heterocycles. The standard InChI is InChI=1S/C13H16FNO5/c1-15(12(16)8-19-9-13(17)18)5-6-20-11-4-2-3-10(14)7-11/h2-4,7H,5-6,8-9H2,1H3,(H,17,18). The first-order chi connectivity index (χ1) is 9.49. The Hall–Kier alpha value is -2.15. The molecule has 0 radical (unpaired) electrons. The van der Waals surface area contributed by atoms with Crippen LogP contribution in [0.1, 0.15) is 0 Å². The van der Waals surface area contributed by atoms with E-state index in [2.05, 4.69) is 4.74 Å². The first kappa shape index (κ1) is 15.9. The normalized spacial score (nSPS) is 10.1. The quantitative estimate of drug-likeness (QED) is 0.763. The van der Waals surface area contributed by atoms with Gasteiger partial charge in [-0.1, -0.05) is 6.07 Å². The first-order valence-electron chi connectivity index (χ1n) is 5.91. The SMILES string of the molecule is CN(CCOc1cccc(F)c1)C(=O)COCC(=O)O. The number of rotatable bonds is 8. The van der Waals surface area contributed by atoms with Gasteiger partial charge < -0.3 is 19.5 Å². The van der Waals surface area contributed by atoms with Crippen molar-refractivity contribution in [3.8, 4) is 5.75 Å². The molecule has 0 aliphatic carbocycles. The third kappa shape index (κ3) is 6.14. The molecule has 0 aromatic heterocycles. The van der Waals surface area contributed by atoms with Crippen LogP contribution >= 0.6 is 0 Å². The molecule has 1 N–H and O–H groups in total. The number of carbonyl (C=O) groups excluding carboxylic acids is 1. The van der Waals surface area contributed by atoms with Gasteiger partial charge in [0, 0.05) is 13.1 Å². The summed E-state index contributed by atoms with van der Waals surface area (Å²) < 4.78 is 22.8. The third-order valence-corrected chi connectivity index (χ3v) is 2.37. The highest BCUT2D eigenvalue weighted by molar-refractivity contribution is 5.77. The first-order valence-corrected chi connectivity index (χ1v) is 5.91. The molecule has 1 aromatic carbocycles. The fourth-order valence-electron chi connectivity index (χ4n) is 1.32. The topological polar surface area (TPSA) is 76.1 Å². The molecule has 0 spiro atoms. The number of nitrogens with zero attached hydrogens (tertiary/aromatic N) is 1. The molecule has 1 aromatic rings. The summed E-state index contributed by atoms with van der Waals surface area (Å²) in [6.07, 6.45) is 0. The summed E-state index contributed by atoms with van der Waals surface area (Å²) in [5.41, 5.74) is 0. The second kappa shape index (κ2) is 8.11. The molecule has 0 saturated heterocycles. The molecule has 0 atom stereocenters. The summed E-state index contributed by atoms with van der Waals surface area (Å²) in [5, 5.41) is 8.35. The van der Waals surface area contributed by atoms with Crippen LogP contribution in [-0.4, -0.2) is 55.3 Å². The molecule has 1 amide bonds. The van der Waals surface area contributed by atoms with Crippen molar-refractivity contribution in [2.45, 2.75) is 0 Å². The fourth-order valence-corrected chi connectivity index (χ4v) is 1.32. The third-order valence-electron chi connectivity index (χ3n) is 2.37. The summed E-state index contributed by atoms with van der Waals surface area (Å²) in [4.78, 5) is 23.1. The molecule has 7 heteroatoms. The molecule has 0 heterocycles. The minimum atomic E-state index is -1.13. The van der Waals surface area contributed by atoms with Crippen LogP contribution in [0.5, 0.6) is 5.75 Å². The van der Waals surface area contributed by atoms with E-state index in [0.717, 1.165) is 0 Å². The number of amides is 1. The fraction of sp³-hybridized carbons (Fsp3) is 0.385. The highest BCUT2D eigenvalue weighted by atomic mass is 19.1. The van der Waals surface area contributed by atoms with Crippen LogP contribution in [0.15, 0.2) is 24.3 Å². The summed E-state index contributed by atoms with van der Waals surface area (Å²) in [7, 11) is 1.54. The molecule has 110 valence electrons. The average Bonchev–Trinajstić information content (AvgIpc) is 2.38. The maximum Gasteiger partial charge on any atom is 0.329 e. The van der Waals surface area contributed by atoms with E-state index in [0.29, 0.717) is 5.75 Å². The Balaban J connectivity index is 2.23. The Morgan fingerprint density at radius 3 is 2.75 bits per heavy atom. The van der Waals surface area contributed by atoms with Gasteiger partial charge in [0.05, 0.1) is 6.54 Å². The van der Waals surface area contributed by atoms with Crippen molar-refractivity contribution in [2.75, 3.05) is 33.4 Å². The van der Waals surface area contributed by atoms with Crippen LogP contribution in [-0.2, 0) is 14.3 Å².